The monoisotopic (exact) mass is 239 g/mol. The Balaban J connectivity index is 2.37. The van der Waals surface area contributed by atoms with E-state index in [-0.39, 0.29) is 12.3 Å². The van der Waals surface area contributed by atoms with Gasteiger partial charge in [-0.3, -0.25) is 9.59 Å². The molecule has 84 valence electrons. The minimum Gasteiger partial charge on any atom is -0.497 e. The first-order valence-corrected chi connectivity index (χ1v) is 5.16. The number of carbonyl (C=O) groups excluding carboxylic acids is 2. The first kappa shape index (κ1) is 11.0. The quantitative estimate of drug-likeness (QED) is 0.820. The molecule has 0 saturated carbocycles. The van der Waals surface area contributed by atoms with Crippen molar-refractivity contribution in [2.45, 2.75) is 12.3 Å². The molecule has 1 unspecified atom stereocenters. The van der Waals surface area contributed by atoms with E-state index in [0.717, 1.165) is 5.56 Å². The second kappa shape index (κ2) is 4.14. The zero-order chi connectivity index (χ0) is 11.7. The first-order valence-electron chi connectivity index (χ1n) is 4.79. The standard InChI is InChI=1S/C11H10ClNO3/c1-16-6-2-3-9-7(4-6)8(5-10(12)14)11(15)13-9/h2-4,8H,5H2,1H3,(H,13,15). The molecule has 16 heavy (non-hydrogen) atoms. The maximum atomic E-state index is 11.6. The van der Waals surface area contributed by atoms with Gasteiger partial charge in [0.15, 0.2) is 0 Å². The molecule has 1 aromatic carbocycles. The molecule has 5 heteroatoms. The number of benzene rings is 1. The number of fused-ring (bicyclic) bond motifs is 1. The van der Waals surface area contributed by atoms with Crippen LogP contribution in [-0.4, -0.2) is 18.3 Å². The minimum absolute atomic E-state index is 0.00750. The van der Waals surface area contributed by atoms with Crippen LogP contribution in [0.1, 0.15) is 17.9 Å². The van der Waals surface area contributed by atoms with Gasteiger partial charge in [0.1, 0.15) is 5.75 Å². The van der Waals surface area contributed by atoms with E-state index in [0.29, 0.717) is 11.4 Å². The molecular formula is C11H10ClNO3. The van der Waals surface area contributed by atoms with E-state index in [4.69, 9.17) is 16.3 Å². The van der Waals surface area contributed by atoms with Gasteiger partial charge in [-0.05, 0) is 35.4 Å². The summed E-state index contributed by atoms with van der Waals surface area (Å²) >= 11 is 5.31. The van der Waals surface area contributed by atoms with Crippen LogP contribution in [0.15, 0.2) is 18.2 Å². The fourth-order valence-corrected chi connectivity index (χ4v) is 1.95. The number of nitrogens with one attached hydrogen (secondary N) is 1. The number of hydrogen-bond donors (Lipinski definition) is 1. The molecule has 1 heterocycles. The fraction of sp³-hybridized carbons (Fsp3) is 0.273. The lowest BCUT2D eigenvalue weighted by molar-refractivity contribution is -0.120. The number of amides is 1. The molecule has 0 spiro atoms. The van der Waals surface area contributed by atoms with Crippen LogP contribution in [0.3, 0.4) is 0 Å². The summed E-state index contributed by atoms with van der Waals surface area (Å²) in [7, 11) is 1.55. The average Bonchev–Trinajstić information content (AvgIpc) is 2.54. The molecule has 1 aliphatic rings. The Morgan fingerprint density at radius 3 is 2.94 bits per heavy atom. The highest BCUT2D eigenvalue weighted by Gasteiger charge is 2.32. The third-order valence-corrected chi connectivity index (χ3v) is 2.73. The van der Waals surface area contributed by atoms with Crippen molar-refractivity contribution in [3.8, 4) is 5.75 Å². The number of ether oxygens (including phenoxy) is 1. The second-order valence-corrected chi connectivity index (χ2v) is 3.98. The number of anilines is 1. The summed E-state index contributed by atoms with van der Waals surface area (Å²) in [4.78, 5) is 22.5. The summed E-state index contributed by atoms with van der Waals surface area (Å²) in [6.45, 7) is 0. The Morgan fingerprint density at radius 2 is 2.31 bits per heavy atom. The Hall–Kier alpha value is -1.55. The molecule has 0 bridgehead atoms. The van der Waals surface area contributed by atoms with Gasteiger partial charge in [-0.25, -0.2) is 0 Å². The normalized spacial score (nSPS) is 17.9. The van der Waals surface area contributed by atoms with Crippen molar-refractivity contribution in [1.29, 1.82) is 0 Å². The molecule has 4 nitrogen and oxygen atoms in total. The third-order valence-electron chi connectivity index (χ3n) is 2.57. The maximum Gasteiger partial charge on any atom is 0.232 e. The summed E-state index contributed by atoms with van der Waals surface area (Å²) in [5.41, 5.74) is 1.48. The van der Waals surface area contributed by atoms with Crippen molar-refractivity contribution in [3.05, 3.63) is 23.8 Å². The van der Waals surface area contributed by atoms with Crippen molar-refractivity contribution in [2.24, 2.45) is 0 Å². The van der Waals surface area contributed by atoms with Gasteiger partial charge in [0.05, 0.1) is 13.0 Å². The van der Waals surface area contributed by atoms with Gasteiger partial charge in [0.2, 0.25) is 11.1 Å². The highest BCUT2D eigenvalue weighted by molar-refractivity contribution is 6.63. The summed E-state index contributed by atoms with van der Waals surface area (Å²) in [6.07, 6.45) is 0.00750. The zero-order valence-corrected chi connectivity index (χ0v) is 9.38. The number of methoxy groups -OCH3 is 1. The number of halogens is 1. The summed E-state index contributed by atoms with van der Waals surface area (Å²) in [6, 6.07) is 5.26. The molecule has 0 aromatic heterocycles. The van der Waals surface area contributed by atoms with Gasteiger partial charge >= 0.3 is 0 Å². The lowest BCUT2D eigenvalue weighted by Gasteiger charge is -2.06. The maximum absolute atomic E-state index is 11.6. The molecule has 1 aromatic rings. The predicted molar refractivity (Wildman–Crippen MR) is 59.8 cm³/mol. The van der Waals surface area contributed by atoms with Crippen LogP contribution < -0.4 is 10.1 Å². The van der Waals surface area contributed by atoms with Gasteiger partial charge in [-0.1, -0.05) is 0 Å². The van der Waals surface area contributed by atoms with Gasteiger partial charge in [0.25, 0.3) is 0 Å². The zero-order valence-electron chi connectivity index (χ0n) is 8.62. The SMILES string of the molecule is COc1ccc2c(c1)C(CC(=O)Cl)C(=O)N2. The smallest absolute Gasteiger partial charge is 0.232 e. The van der Waals surface area contributed by atoms with E-state index in [1.165, 1.54) is 0 Å². The number of rotatable bonds is 3. The molecule has 2 rings (SSSR count). The van der Waals surface area contributed by atoms with Gasteiger partial charge < -0.3 is 10.1 Å². The first-order chi connectivity index (χ1) is 7.61. The van der Waals surface area contributed by atoms with Crippen molar-refractivity contribution in [3.63, 3.8) is 0 Å². The summed E-state index contributed by atoms with van der Waals surface area (Å²) in [5.74, 6) is -0.0466. The Bertz CT molecular complexity index is 459. The van der Waals surface area contributed by atoms with Gasteiger partial charge in [0, 0.05) is 12.1 Å². The largest absolute Gasteiger partial charge is 0.497 e. The molecule has 0 saturated heterocycles. The topological polar surface area (TPSA) is 55.4 Å². The van der Waals surface area contributed by atoms with Crippen LogP contribution in [0.2, 0.25) is 0 Å². The molecule has 1 aliphatic heterocycles. The van der Waals surface area contributed by atoms with Crippen LogP contribution in [-0.2, 0) is 9.59 Å². The van der Waals surface area contributed by atoms with Crippen LogP contribution in [0.25, 0.3) is 0 Å². The van der Waals surface area contributed by atoms with Crippen LogP contribution in [0, 0.1) is 0 Å². The Morgan fingerprint density at radius 1 is 1.56 bits per heavy atom. The van der Waals surface area contributed by atoms with E-state index in [1.807, 2.05) is 0 Å². The lowest BCUT2D eigenvalue weighted by Crippen LogP contribution is -2.13. The Labute approximate surface area is 97.5 Å². The number of carbonyl (C=O) groups is 2. The lowest BCUT2D eigenvalue weighted by atomic mass is 9.98. The molecule has 0 aliphatic carbocycles. The van der Waals surface area contributed by atoms with E-state index in [9.17, 15) is 9.59 Å². The second-order valence-electron chi connectivity index (χ2n) is 3.55. The van der Waals surface area contributed by atoms with Crippen LogP contribution in [0.5, 0.6) is 5.75 Å². The average molecular weight is 240 g/mol. The number of hydrogen-bond acceptors (Lipinski definition) is 3. The van der Waals surface area contributed by atoms with E-state index >= 15 is 0 Å². The van der Waals surface area contributed by atoms with E-state index < -0.39 is 11.2 Å². The Kier molecular flexibility index (Phi) is 2.83. The molecule has 0 radical (unpaired) electrons. The minimum atomic E-state index is -0.518. The molecule has 0 fully saturated rings. The van der Waals surface area contributed by atoms with Gasteiger partial charge in [-0.2, -0.15) is 0 Å². The van der Waals surface area contributed by atoms with Crippen molar-refractivity contribution >= 4 is 28.4 Å². The summed E-state index contributed by atoms with van der Waals surface area (Å²) < 4.78 is 5.07. The van der Waals surface area contributed by atoms with E-state index in [2.05, 4.69) is 5.32 Å². The fourth-order valence-electron chi connectivity index (χ4n) is 1.79. The molecule has 1 N–H and O–H groups in total. The molecule has 1 amide bonds. The molecule has 1 atom stereocenters. The van der Waals surface area contributed by atoms with Crippen LogP contribution in [0.4, 0.5) is 5.69 Å². The van der Waals surface area contributed by atoms with Crippen molar-refractivity contribution in [1.82, 2.24) is 0 Å². The predicted octanol–water partition coefficient (Wildman–Crippen LogP) is 1.89. The highest BCUT2D eigenvalue weighted by Crippen LogP contribution is 2.37. The third kappa shape index (κ3) is 1.88. The van der Waals surface area contributed by atoms with Crippen molar-refractivity contribution in [2.75, 3.05) is 12.4 Å². The highest BCUT2D eigenvalue weighted by atomic mass is 35.5. The van der Waals surface area contributed by atoms with Crippen molar-refractivity contribution < 1.29 is 14.3 Å². The molecular weight excluding hydrogens is 230 g/mol. The van der Waals surface area contributed by atoms with Crippen LogP contribution >= 0.6 is 11.6 Å². The van der Waals surface area contributed by atoms with E-state index in [1.54, 1.807) is 25.3 Å². The van der Waals surface area contributed by atoms with Gasteiger partial charge in [-0.15, -0.1) is 0 Å². The summed E-state index contributed by atoms with van der Waals surface area (Å²) in [5, 5.41) is 2.18.